The molecule has 2 aromatic carbocycles. The zero-order valence-electron chi connectivity index (χ0n) is 24.0. The van der Waals surface area contributed by atoms with Gasteiger partial charge in [-0.1, -0.05) is 42.3 Å². The number of ether oxygens (including phenoxy) is 1. The molecule has 2 aliphatic heterocycles. The van der Waals surface area contributed by atoms with Crippen molar-refractivity contribution in [2.75, 3.05) is 13.7 Å². The van der Waals surface area contributed by atoms with Gasteiger partial charge in [-0.3, -0.25) is 29.0 Å². The van der Waals surface area contributed by atoms with E-state index < -0.39 is 23.8 Å². The lowest BCUT2D eigenvalue weighted by atomic mass is 9.86. The topological polar surface area (TPSA) is 132 Å². The molecule has 43 heavy (non-hydrogen) atoms. The van der Waals surface area contributed by atoms with Crippen molar-refractivity contribution >= 4 is 29.6 Å². The fourth-order valence-electron chi connectivity index (χ4n) is 6.46. The van der Waals surface area contributed by atoms with Gasteiger partial charge >= 0.3 is 5.97 Å². The first-order chi connectivity index (χ1) is 20.9. The van der Waals surface area contributed by atoms with E-state index in [2.05, 4.69) is 10.3 Å². The Balaban J connectivity index is 1.17. The molecule has 1 aromatic heterocycles. The lowest BCUT2D eigenvalue weighted by molar-refractivity contribution is -0.151. The third-order valence-electron chi connectivity index (χ3n) is 8.73. The highest BCUT2D eigenvalue weighted by molar-refractivity contribution is 6.23. The van der Waals surface area contributed by atoms with Gasteiger partial charge in [0.2, 0.25) is 5.91 Å². The van der Waals surface area contributed by atoms with Crippen LogP contribution in [0.25, 0.3) is 0 Å². The van der Waals surface area contributed by atoms with Gasteiger partial charge < -0.3 is 4.74 Å². The van der Waals surface area contributed by atoms with E-state index in [0.29, 0.717) is 5.56 Å². The van der Waals surface area contributed by atoms with Crippen LogP contribution in [-0.2, 0) is 33.7 Å². The Morgan fingerprint density at radius 3 is 2.30 bits per heavy atom. The minimum Gasteiger partial charge on any atom is -0.465 e. The number of carbonyl (C=O) groups is 5. The molecule has 2 atom stereocenters. The lowest BCUT2D eigenvalue weighted by Gasteiger charge is -2.34. The summed E-state index contributed by atoms with van der Waals surface area (Å²) < 4.78 is 6.59. The Labute approximate surface area is 248 Å². The van der Waals surface area contributed by atoms with Gasteiger partial charge in [-0.05, 0) is 61.9 Å². The second-order valence-corrected chi connectivity index (χ2v) is 11.3. The minimum atomic E-state index is -1.02. The molecule has 1 fully saturated rings. The van der Waals surface area contributed by atoms with Gasteiger partial charge in [0.05, 0.1) is 41.7 Å². The Morgan fingerprint density at radius 1 is 0.884 bits per heavy atom. The number of carbonyl (C=O) groups excluding carboxylic acids is 5. The van der Waals surface area contributed by atoms with E-state index in [1.807, 2.05) is 12.1 Å². The highest BCUT2D eigenvalue weighted by atomic mass is 16.5. The number of amides is 4. The standard InChI is InChI=1S/C32H33N5O6/c1-43-32(42)21-13-11-20(12-14-21)19-22-7-3-2-4-10-25-28(22)33-34-36(25)18-17-35-27(38)16-15-26(31(35)41)37-29(39)23-8-5-6-9-24(23)30(37)40/h5-6,8-9,11-14,22,26H,2-4,7,10,15-19H2,1H3. The highest BCUT2D eigenvalue weighted by Gasteiger charge is 2.46. The maximum atomic E-state index is 13.5. The van der Waals surface area contributed by atoms with Crippen molar-refractivity contribution in [2.24, 2.45) is 0 Å². The van der Waals surface area contributed by atoms with Crippen molar-refractivity contribution in [2.45, 2.75) is 69.9 Å². The fourth-order valence-corrected chi connectivity index (χ4v) is 6.46. The number of methoxy groups -OCH3 is 1. The number of aromatic nitrogens is 3. The number of benzene rings is 2. The Kier molecular flexibility index (Phi) is 7.88. The molecule has 1 saturated heterocycles. The number of nitrogens with zero attached hydrogens (tertiary/aromatic N) is 5. The quantitative estimate of drug-likeness (QED) is 0.306. The lowest BCUT2D eigenvalue weighted by Crippen LogP contribution is -2.56. The summed E-state index contributed by atoms with van der Waals surface area (Å²) in [6.45, 7) is 0.349. The van der Waals surface area contributed by atoms with Crippen LogP contribution in [0.2, 0.25) is 0 Å². The van der Waals surface area contributed by atoms with Crippen LogP contribution in [0.3, 0.4) is 0 Å². The fraction of sp³-hybridized carbons (Fsp3) is 0.406. The molecule has 3 heterocycles. The normalized spacial score (nSPS) is 20.5. The predicted molar refractivity (Wildman–Crippen MR) is 153 cm³/mol. The average Bonchev–Trinajstić information content (AvgIpc) is 3.52. The van der Waals surface area contributed by atoms with Gasteiger partial charge in [0, 0.05) is 18.9 Å². The molecule has 3 aliphatic rings. The summed E-state index contributed by atoms with van der Waals surface area (Å²) in [5, 5.41) is 9.01. The van der Waals surface area contributed by atoms with Gasteiger partial charge in [0.15, 0.2) is 0 Å². The number of esters is 1. The monoisotopic (exact) mass is 583 g/mol. The molecule has 3 aromatic rings. The van der Waals surface area contributed by atoms with E-state index in [9.17, 15) is 24.0 Å². The largest absolute Gasteiger partial charge is 0.465 e. The van der Waals surface area contributed by atoms with Crippen LogP contribution in [-0.4, -0.2) is 74.1 Å². The zero-order chi connectivity index (χ0) is 30.1. The van der Waals surface area contributed by atoms with Crippen LogP contribution in [0, 0.1) is 0 Å². The van der Waals surface area contributed by atoms with Gasteiger partial charge in [-0.15, -0.1) is 5.10 Å². The summed E-state index contributed by atoms with van der Waals surface area (Å²) in [7, 11) is 1.36. The first kappa shape index (κ1) is 28.4. The van der Waals surface area contributed by atoms with Crippen LogP contribution >= 0.6 is 0 Å². The summed E-state index contributed by atoms with van der Waals surface area (Å²) in [5.41, 5.74) is 4.07. The molecule has 0 radical (unpaired) electrons. The number of imide groups is 2. The SMILES string of the molecule is COC(=O)c1ccc(CC2CCCCCc3c2nnn3CCN2C(=O)CCC(N3C(=O)c4ccccc4C3=O)C2=O)cc1. The van der Waals surface area contributed by atoms with E-state index >= 15 is 0 Å². The molecule has 2 unspecified atom stereocenters. The molecule has 4 amide bonds. The summed E-state index contributed by atoms with van der Waals surface area (Å²) in [5.74, 6) is -2.10. The Morgan fingerprint density at radius 2 is 1.60 bits per heavy atom. The molecule has 0 spiro atoms. The molecule has 222 valence electrons. The van der Waals surface area contributed by atoms with Gasteiger partial charge in [-0.25, -0.2) is 9.48 Å². The zero-order valence-corrected chi connectivity index (χ0v) is 24.0. The first-order valence-electron chi connectivity index (χ1n) is 14.8. The number of hydrogen-bond acceptors (Lipinski definition) is 8. The summed E-state index contributed by atoms with van der Waals surface area (Å²) in [6.07, 6.45) is 5.81. The van der Waals surface area contributed by atoms with Crippen molar-refractivity contribution in [1.29, 1.82) is 0 Å². The molecule has 6 rings (SSSR count). The Bertz CT molecular complexity index is 1560. The van der Waals surface area contributed by atoms with Crippen molar-refractivity contribution < 1.29 is 28.7 Å². The second-order valence-electron chi connectivity index (χ2n) is 11.3. The van der Waals surface area contributed by atoms with Crippen molar-refractivity contribution in [3.05, 3.63) is 82.2 Å². The van der Waals surface area contributed by atoms with Gasteiger partial charge in [0.1, 0.15) is 6.04 Å². The van der Waals surface area contributed by atoms with Crippen LogP contribution in [0.1, 0.15) is 92.5 Å². The molecule has 11 nitrogen and oxygen atoms in total. The van der Waals surface area contributed by atoms with Crippen molar-refractivity contribution in [3.63, 3.8) is 0 Å². The molecule has 1 aliphatic carbocycles. The molecular formula is C32H33N5O6. The van der Waals surface area contributed by atoms with E-state index in [1.165, 1.54) is 7.11 Å². The van der Waals surface area contributed by atoms with Crippen LogP contribution in [0.4, 0.5) is 0 Å². The van der Waals surface area contributed by atoms with Gasteiger partial charge in [-0.2, -0.15) is 0 Å². The maximum absolute atomic E-state index is 13.5. The number of rotatable bonds is 7. The third kappa shape index (κ3) is 5.35. The predicted octanol–water partition coefficient (Wildman–Crippen LogP) is 3.32. The van der Waals surface area contributed by atoms with E-state index in [4.69, 9.17) is 4.74 Å². The highest BCUT2D eigenvalue weighted by Crippen LogP contribution is 2.32. The van der Waals surface area contributed by atoms with E-state index in [0.717, 1.165) is 65.3 Å². The summed E-state index contributed by atoms with van der Waals surface area (Å²) >= 11 is 0. The molecule has 11 heteroatoms. The van der Waals surface area contributed by atoms with Gasteiger partial charge in [0.25, 0.3) is 17.7 Å². The van der Waals surface area contributed by atoms with Crippen molar-refractivity contribution in [1.82, 2.24) is 24.8 Å². The molecule has 0 saturated carbocycles. The van der Waals surface area contributed by atoms with E-state index in [1.54, 1.807) is 41.1 Å². The molecule has 0 bridgehead atoms. The Hall–Kier alpha value is -4.67. The second kappa shape index (κ2) is 11.9. The maximum Gasteiger partial charge on any atom is 0.337 e. The third-order valence-corrected chi connectivity index (χ3v) is 8.73. The first-order valence-corrected chi connectivity index (χ1v) is 14.8. The summed E-state index contributed by atoms with van der Waals surface area (Å²) in [4.78, 5) is 66.5. The number of hydrogen-bond donors (Lipinski definition) is 0. The van der Waals surface area contributed by atoms with Crippen LogP contribution in [0.5, 0.6) is 0 Å². The van der Waals surface area contributed by atoms with E-state index in [-0.39, 0.29) is 54.9 Å². The minimum absolute atomic E-state index is 0.0656. The molecular weight excluding hydrogens is 550 g/mol. The number of fused-ring (bicyclic) bond motifs is 2. The molecule has 0 N–H and O–H groups in total. The number of likely N-dealkylation sites (tertiary alicyclic amines) is 1. The summed E-state index contributed by atoms with van der Waals surface area (Å²) in [6, 6.07) is 12.9. The van der Waals surface area contributed by atoms with Crippen LogP contribution in [0.15, 0.2) is 48.5 Å². The number of piperidine rings is 1. The van der Waals surface area contributed by atoms with Crippen LogP contribution < -0.4 is 0 Å². The smallest absolute Gasteiger partial charge is 0.337 e. The van der Waals surface area contributed by atoms with Crippen molar-refractivity contribution in [3.8, 4) is 0 Å². The average molecular weight is 584 g/mol.